The Labute approximate surface area is 150 Å². The lowest BCUT2D eigenvalue weighted by atomic mass is 10.2. The Morgan fingerprint density at radius 2 is 2.08 bits per heavy atom. The van der Waals surface area contributed by atoms with Crippen LogP contribution in [0.5, 0.6) is 0 Å². The Morgan fingerprint density at radius 1 is 1.29 bits per heavy atom. The van der Waals surface area contributed by atoms with Crippen molar-refractivity contribution in [2.75, 3.05) is 39.9 Å². The molecule has 1 aromatic rings. The lowest BCUT2D eigenvalue weighted by Crippen LogP contribution is -2.42. The maximum absolute atomic E-state index is 6.19. The van der Waals surface area contributed by atoms with E-state index >= 15 is 0 Å². The Kier molecular flexibility index (Phi) is 8.36. The zero-order valence-corrected chi connectivity index (χ0v) is 15.5. The molecule has 1 aliphatic carbocycles. The maximum Gasteiger partial charge on any atom is 0.191 e. The largest absolute Gasteiger partial charge is 0.383 e. The molecule has 1 saturated carbocycles. The van der Waals surface area contributed by atoms with Crippen LogP contribution in [-0.4, -0.2) is 56.8 Å². The van der Waals surface area contributed by atoms with E-state index in [1.165, 1.54) is 12.8 Å². The molecule has 2 N–H and O–H groups in total. The minimum Gasteiger partial charge on any atom is -0.383 e. The van der Waals surface area contributed by atoms with E-state index < -0.39 is 0 Å². The van der Waals surface area contributed by atoms with Crippen molar-refractivity contribution in [2.45, 2.75) is 32.4 Å². The molecule has 0 amide bonds. The molecule has 24 heavy (non-hydrogen) atoms. The monoisotopic (exact) mass is 352 g/mol. The van der Waals surface area contributed by atoms with Crippen molar-refractivity contribution in [1.29, 1.82) is 0 Å². The first-order valence-electron chi connectivity index (χ1n) is 8.73. The van der Waals surface area contributed by atoms with Crippen molar-refractivity contribution in [1.82, 2.24) is 15.5 Å². The molecule has 134 valence electrons. The zero-order valence-electron chi connectivity index (χ0n) is 14.7. The predicted molar refractivity (Wildman–Crippen MR) is 101 cm³/mol. The van der Waals surface area contributed by atoms with Gasteiger partial charge in [0.05, 0.1) is 13.2 Å². The van der Waals surface area contributed by atoms with Gasteiger partial charge in [-0.25, -0.2) is 4.99 Å². The summed E-state index contributed by atoms with van der Waals surface area (Å²) >= 11 is 6.19. The van der Waals surface area contributed by atoms with Gasteiger partial charge in [-0.1, -0.05) is 29.8 Å². The summed E-state index contributed by atoms with van der Waals surface area (Å²) in [5, 5.41) is 7.46. The highest BCUT2D eigenvalue weighted by molar-refractivity contribution is 6.31. The average Bonchev–Trinajstić information content (AvgIpc) is 3.42. The molecule has 0 heterocycles. The molecule has 1 aliphatic rings. The Morgan fingerprint density at radius 3 is 2.75 bits per heavy atom. The van der Waals surface area contributed by atoms with Gasteiger partial charge in [-0.05, 0) is 31.4 Å². The topological polar surface area (TPSA) is 48.9 Å². The van der Waals surface area contributed by atoms with E-state index in [2.05, 4.69) is 27.4 Å². The van der Waals surface area contributed by atoms with Gasteiger partial charge < -0.3 is 15.4 Å². The summed E-state index contributed by atoms with van der Waals surface area (Å²) in [5.74, 6) is 0.833. The number of benzene rings is 1. The van der Waals surface area contributed by atoms with Crippen LogP contribution in [0.4, 0.5) is 0 Å². The van der Waals surface area contributed by atoms with Gasteiger partial charge in [0.15, 0.2) is 5.96 Å². The SMILES string of the molecule is CCNC(=NCc1ccccc1Cl)NCCN(CCOC)C1CC1. The Balaban J connectivity index is 1.81. The Hall–Kier alpha value is -1.30. The fraction of sp³-hybridized carbons (Fsp3) is 0.611. The van der Waals surface area contributed by atoms with E-state index in [1.807, 2.05) is 24.3 Å². The number of methoxy groups -OCH3 is 1. The molecule has 0 saturated heterocycles. The average molecular weight is 353 g/mol. The van der Waals surface area contributed by atoms with E-state index in [9.17, 15) is 0 Å². The van der Waals surface area contributed by atoms with Crippen molar-refractivity contribution in [3.63, 3.8) is 0 Å². The summed E-state index contributed by atoms with van der Waals surface area (Å²) in [6, 6.07) is 8.57. The first-order valence-corrected chi connectivity index (χ1v) is 9.11. The van der Waals surface area contributed by atoms with Gasteiger partial charge in [0, 0.05) is 44.4 Å². The molecular formula is C18H29ClN4O. The highest BCUT2D eigenvalue weighted by atomic mass is 35.5. The second-order valence-corrected chi connectivity index (χ2v) is 6.38. The first kappa shape index (κ1) is 19.0. The van der Waals surface area contributed by atoms with Gasteiger partial charge in [-0.2, -0.15) is 0 Å². The number of rotatable bonds is 10. The third kappa shape index (κ3) is 6.67. The molecule has 0 bridgehead atoms. The zero-order chi connectivity index (χ0) is 17.2. The van der Waals surface area contributed by atoms with Crippen LogP contribution >= 0.6 is 11.6 Å². The highest BCUT2D eigenvalue weighted by Crippen LogP contribution is 2.25. The van der Waals surface area contributed by atoms with Crippen molar-refractivity contribution in [3.05, 3.63) is 34.9 Å². The van der Waals surface area contributed by atoms with Crippen LogP contribution in [0.15, 0.2) is 29.3 Å². The van der Waals surface area contributed by atoms with E-state index in [0.29, 0.717) is 6.54 Å². The highest BCUT2D eigenvalue weighted by Gasteiger charge is 2.28. The summed E-state index contributed by atoms with van der Waals surface area (Å²) in [4.78, 5) is 7.12. The fourth-order valence-electron chi connectivity index (χ4n) is 2.58. The van der Waals surface area contributed by atoms with Crippen molar-refractivity contribution in [3.8, 4) is 0 Å². The number of hydrogen-bond acceptors (Lipinski definition) is 3. The van der Waals surface area contributed by atoms with Crippen LogP contribution < -0.4 is 10.6 Å². The van der Waals surface area contributed by atoms with Crippen LogP contribution in [0.25, 0.3) is 0 Å². The maximum atomic E-state index is 6.19. The molecule has 5 nitrogen and oxygen atoms in total. The quantitative estimate of drug-likeness (QED) is 0.502. The van der Waals surface area contributed by atoms with E-state index in [-0.39, 0.29) is 0 Å². The van der Waals surface area contributed by atoms with E-state index in [0.717, 1.165) is 55.4 Å². The van der Waals surface area contributed by atoms with Gasteiger partial charge in [-0.15, -0.1) is 0 Å². The minimum absolute atomic E-state index is 0.574. The normalized spacial score (nSPS) is 14.9. The van der Waals surface area contributed by atoms with Crippen LogP contribution in [0, 0.1) is 0 Å². The van der Waals surface area contributed by atoms with Crippen LogP contribution in [0.1, 0.15) is 25.3 Å². The standard InChI is InChI=1S/C18H29ClN4O/c1-3-20-18(22-14-15-6-4-5-7-17(15)19)21-10-11-23(12-13-24-2)16-8-9-16/h4-7,16H,3,8-14H2,1-2H3,(H2,20,21,22). The van der Waals surface area contributed by atoms with Gasteiger partial charge >= 0.3 is 0 Å². The lowest BCUT2D eigenvalue weighted by Gasteiger charge is -2.22. The number of halogens is 1. The number of aliphatic imine (C=N–C) groups is 1. The number of hydrogen-bond donors (Lipinski definition) is 2. The van der Waals surface area contributed by atoms with Crippen molar-refractivity contribution >= 4 is 17.6 Å². The minimum atomic E-state index is 0.574. The molecule has 1 fully saturated rings. The summed E-state index contributed by atoms with van der Waals surface area (Å²) in [7, 11) is 1.76. The number of nitrogens with one attached hydrogen (secondary N) is 2. The molecule has 0 spiro atoms. The summed E-state index contributed by atoms with van der Waals surface area (Å²) in [6.07, 6.45) is 2.62. The predicted octanol–water partition coefficient (Wildman–Crippen LogP) is 2.51. The molecule has 0 unspecified atom stereocenters. The van der Waals surface area contributed by atoms with Crippen LogP contribution in [0.2, 0.25) is 5.02 Å². The first-order chi connectivity index (χ1) is 11.7. The van der Waals surface area contributed by atoms with E-state index in [1.54, 1.807) is 7.11 Å². The van der Waals surface area contributed by atoms with E-state index in [4.69, 9.17) is 16.3 Å². The third-order valence-corrected chi connectivity index (χ3v) is 4.42. The smallest absolute Gasteiger partial charge is 0.191 e. The molecule has 0 aliphatic heterocycles. The number of nitrogens with zero attached hydrogens (tertiary/aromatic N) is 2. The van der Waals surface area contributed by atoms with Crippen LogP contribution in [0.3, 0.4) is 0 Å². The second kappa shape index (κ2) is 10.5. The third-order valence-electron chi connectivity index (χ3n) is 4.05. The number of guanidine groups is 1. The van der Waals surface area contributed by atoms with Crippen LogP contribution in [-0.2, 0) is 11.3 Å². The molecule has 1 aromatic carbocycles. The van der Waals surface area contributed by atoms with Crippen molar-refractivity contribution in [2.24, 2.45) is 4.99 Å². The number of ether oxygens (including phenoxy) is 1. The van der Waals surface area contributed by atoms with Gasteiger partial charge in [0.25, 0.3) is 0 Å². The fourth-order valence-corrected chi connectivity index (χ4v) is 2.77. The Bertz CT molecular complexity index is 519. The summed E-state index contributed by atoms with van der Waals surface area (Å²) in [5.41, 5.74) is 1.04. The molecule has 0 atom stereocenters. The molecular weight excluding hydrogens is 324 g/mol. The summed E-state index contributed by atoms with van der Waals surface area (Å²) < 4.78 is 5.20. The van der Waals surface area contributed by atoms with Gasteiger partial charge in [0.1, 0.15) is 0 Å². The van der Waals surface area contributed by atoms with Gasteiger partial charge in [-0.3, -0.25) is 4.90 Å². The second-order valence-electron chi connectivity index (χ2n) is 5.97. The van der Waals surface area contributed by atoms with Gasteiger partial charge in [0.2, 0.25) is 0 Å². The molecule has 0 aromatic heterocycles. The molecule has 0 radical (unpaired) electrons. The van der Waals surface area contributed by atoms with Crippen molar-refractivity contribution < 1.29 is 4.74 Å². The lowest BCUT2D eigenvalue weighted by molar-refractivity contribution is 0.144. The molecule has 6 heteroatoms. The molecule has 2 rings (SSSR count). The summed E-state index contributed by atoms with van der Waals surface area (Å²) in [6.45, 7) is 7.14.